The first kappa shape index (κ1) is 15.8. The lowest BCUT2D eigenvalue weighted by molar-refractivity contribution is -0.177. The number of alkyl halides is 2. The molecule has 0 radical (unpaired) electrons. The smallest absolute Gasteiger partial charge is 0.418 e. The van der Waals surface area contributed by atoms with Gasteiger partial charge in [-0.2, -0.15) is 8.78 Å². The molecule has 1 N–H and O–H groups in total. The monoisotopic (exact) mass is 279 g/mol. The van der Waals surface area contributed by atoms with Gasteiger partial charge in [0.2, 0.25) is 0 Å². The van der Waals surface area contributed by atoms with Crippen molar-refractivity contribution in [3.8, 4) is 0 Å². The number of halogens is 2. The van der Waals surface area contributed by atoms with E-state index in [1.54, 1.807) is 0 Å². The summed E-state index contributed by atoms with van der Waals surface area (Å²) in [5.74, 6) is -7.58. The zero-order valence-electron chi connectivity index (χ0n) is 10.9. The first-order valence-electron chi connectivity index (χ1n) is 6.43. The minimum absolute atomic E-state index is 0.00901. The summed E-state index contributed by atoms with van der Waals surface area (Å²) in [7, 11) is 0. The van der Waals surface area contributed by atoms with Crippen LogP contribution in [0.3, 0.4) is 0 Å². The third-order valence-electron chi connectivity index (χ3n) is 2.84. The molecular formula is C12H19F2NO4. The normalized spacial score (nSPS) is 19.8. The third-order valence-corrected chi connectivity index (χ3v) is 2.84. The molecule has 0 aromatic heterocycles. The predicted octanol–water partition coefficient (Wildman–Crippen LogP) is 1.26. The molecule has 110 valence electrons. The maximum absolute atomic E-state index is 13.2. The number of hydrogen-bond donors (Lipinski definition) is 1. The van der Waals surface area contributed by atoms with Gasteiger partial charge in [0.25, 0.3) is 0 Å². The summed E-state index contributed by atoms with van der Waals surface area (Å²) >= 11 is 0. The Balaban J connectivity index is 2.31. The second-order valence-corrected chi connectivity index (χ2v) is 4.33. The van der Waals surface area contributed by atoms with E-state index in [-0.39, 0.29) is 19.3 Å². The number of carbonyl (C=O) groups excluding carboxylic acids is 2. The highest BCUT2D eigenvalue weighted by atomic mass is 19.3. The molecule has 1 fully saturated rings. The second kappa shape index (κ2) is 7.37. The molecule has 0 spiro atoms. The molecule has 1 rings (SSSR count). The van der Waals surface area contributed by atoms with Crippen molar-refractivity contribution < 1.29 is 27.8 Å². The Kier molecular flexibility index (Phi) is 6.14. The van der Waals surface area contributed by atoms with Crippen molar-refractivity contribution in [3.63, 3.8) is 0 Å². The zero-order chi connectivity index (χ0) is 14.3. The maximum Gasteiger partial charge on any atom is 0.418 e. The molecule has 1 atom stereocenters. The van der Waals surface area contributed by atoms with Crippen LogP contribution in [0.2, 0.25) is 0 Å². The van der Waals surface area contributed by atoms with Crippen LogP contribution in [0.4, 0.5) is 8.78 Å². The Hall–Kier alpha value is -1.24. The lowest BCUT2D eigenvalue weighted by Gasteiger charge is -2.22. The van der Waals surface area contributed by atoms with Gasteiger partial charge in [-0.25, -0.2) is 4.79 Å². The molecule has 0 aromatic carbocycles. The molecule has 1 saturated heterocycles. The average molecular weight is 279 g/mol. The van der Waals surface area contributed by atoms with Gasteiger partial charge in [0.1, 0.15) is 0 Å². The van der Waals surface area contributed by atoms with Crippen molar-refractivity contribution in [3.05, 3.63) is 0 Å². The van der Waals surface area contributed by atoms with Crippen molar-refractivity contribution in [2.24, 2.45) is 0 Å². The largest absolute Gasteiger partial charge is 0.461 e. The summed E-state index contributed by atoms with van der Waals surface area (Å²) in [4.78, 5) is 22.1. The molecule has 5 nitrogen and oxygen atoms in total. The summed E-state index contributed by atoms with van der Waals surface area (Å²) in [6.45, 7) is 1.92. The SMILES string of the molecule is CCOC(=O)C(F)(F)C(=O)NCCC1CCCCO1. The highest BCUT2D eigenvalue weighted by molar-refractivity contribution is 6.04. The molecule has 0 aromatic rings. The second-order valence-electron chi connectivity index (χ2n) is 4.33. The molecule has 1 amide bonds. The minimum atomic E-state index is -4.14. The maximum atomic E-state index is 13.2. The number of hydrogen-bond acceptors (Lipinski definition) is 4. The Morgan fingerprint density at radius 3 is 2.74 bits per heavy atom. The quantitative estimate of drug-likeness (QED) is 0.587. The van der Waals surface area contributed by atoms with Gasteiger partial charge < -0.3 is 14.8 Å². The van der Waals surface area contributed by atoms with Crippen molar-refractivity contribution in [1.29, 1.82) is 0 Å². The number of nitrogens with one attached hydrogen (secondary N) is 1. The van der Waals surface area contributed by atoms with Crippen molar-refractivity contribution in [2.75, 3.05) is 19.8 Å². The number of amides is 1. The Labute approximate surface area is 110 Å². The van der Waals surface area contributed by atoms with Crippen LogP contribution in [0.15, 0.2) is 0 Å². The van der Waals surface area contributed by atoms with E-state index in [4.69, 9.17) is 4.74 Å². The van der Waals surface area contributed by atoms with Crippen LogP contribution in [-0.2, 0) is 19.1 Å². The van der Waals surface area contributed by atoms with E-state index in [0.717, 1.165) is 19.3 Å². The summed E-state index contributed by atoms with van der Waals surface area (Å²) < 4.78 is 36.0. The third kappa shape index (κ3) is 4.74. The summed E-state index contributed by atoms with van der Waals surface area (Å²) in [6.07, 6.45) is 3.36. The topological polar surface area (TPSA) is 64.6 Å². The van der Waals surface area contributed by atoms with Crippen LogP contribution in [0.5, 0.6) is 0 Å². The number of carbonyl (C=O) groups is 2. The first-order chi connectivity index (χ1) is 8.98. The fourth-order valence-corrected chi connectivity index (χ4v) is 1.81. The van der Waals surface area contributed by atoms with Crippen LogP contribution in [-0.4, -0.2) is 43.7 Å². The van der Waals surface area contributed by atoms with Gasteiger partial charge in [-0.15, -0.1) is 0 Å². The van der Waals surface area contributed by atoms with Crippen LogP contribution < -0.4 is 5.32 Å². The van der Waals surface area contributed by atoms with Gasteiger partial charge in [0.15, 0.2) is 0 Å². The lowest BCUT2D eigenvalue weighted by atomic mass is 10.1. The molecular weight excluding hydrogens is 260 g/mol. The molecule has 1 heterocycles. The minimum Gasteiger partial charge on any atom is -0.461 e. The Bertz CT molecular complexity index is 317. The summed E-state index contributed by atoms with van der Waals surface area (Å²) in [5.41, 5.74) is 0. The molecule has 19 heavy (non-hydrogen) atoms. The fraction of sp³-hybridized carbons (Fsp3) is 0.833. The van der Waals surface area contributed by atoms with E-state index in [9.17, 15) is 18.4 Å². The molecule has 7 heteroatoms. The highest BCUT2D eigenvalue weighted by Crippen LogP contribution is 2.17. The van der Waals surface area contributed by atoms with Crippen molar-refractivity contribution in [1.82, 2.24) is 5.32 Å². The highest BCUT2D eigenvalue weighted by Gasteiger charge is 2.48. The van der Waals surface area contributed by atoms with Gasteiger partial charge in [-0.1, -0.05) is 0 Å². The van der Waals surface area contributed by atoms with E-state index < -0.39 is 17.8 Å². The summed E-state index contributed by atoms with van der Waals surface area (Å²) in [6, 6.07) is 0. The van der Waals surface area contributed by atoms with E-state index >= 15 is 0 Å². The van der Waals surface area contributed by atoms with Crippen LogP contribution in [0.25, 0.3) is 0 Å². The number of rotatable bonds is 6. The standard InChI is InChI=1S/C12H19F2NO4/c1-2-18-11(17)12(13,14)10(16)15-7-6-9-5-3-4-8-19-9/h9H,2-8H2,1H3,(H,15,16). The van der Waals surface area contributed by atoms with Crippen molar-refractivity contribution in [2.45, 2.75) is 44.6 Å². The molecule has 1 aliphatic rings. The lowest BCUT2D eigenvalue weighted by Crippen LogP contribution is -2.47. The molecule has 0 bridgehead atoms. The van der Waals surface area contributed by atoms with E-state index in [2.05, 4.69) is 4.74 Å². The van der Waals surface area contributed by atoms with Gasteiger partial charge in [0.05, 0.1) is 12.7 Å². The Morgan fingerprint density at radius 2 is 2.16 bits per heavy atom. The molecule has 0 aliphatic carbocycles. The summed E-state index contributed by atoms with van der Waals surface area (Å²) in [5, 5.41) is 2.04. The number of ether oxygens (including phenoxy) is 2. The van der Waals surface area contributed by atoms with E-state index in [1.165, 1.54) is 6.92 Å². The molecule has 1 aliphatic heterocycles. The average Bonchev–Trinajstić information content (AvgIpc) is 2.40. The van der Waals surface area contributed by atoms with Gasteiger partial charge >= 0.3 is 17.8 Å². The van der Waals surface area contributed by atoms with E-state index in [0.29, 0.717) is 13.0 Å². The van der Waals surface area contributed by atoms with Gasteiger partial charge in [0, 0.05) is 13.2 Å². The number of esters is 1. The van der Waals surface area contributed by atoms with Crippen LogP contribution >= 0.6 is 0 Å². The van der Waals surface area contributed by atoms with Crippen LogP contribution in [0, 0.1) is 0 Å². The first-order valence-corrected chi connectivity index (χ1v) is 6.43. The predicted molar refractivity (Wildman–Crippen MR) is 62.8 cm³/mol. The molecule has 1 unspecified atom stereocenters. The van der Waals surface area contributed by atoms with E-state index in [1.807, 2.05) is 5.32 Å². The fourth-order valence-electron chi connectivity index (χ4n) is 1.81. The Morgan fingerprint density at radius 1 is 1.42 bits per heavy atom. The van der Waals surface area contributed by atoms with Gasteiger partial charge in [-0.05, 0) is 32.6 Å². The molecule has 0 saturated carbocycles. The van der Waals surface area contributed by atoms with Crippen molar-refractivity contribution >= 4 is 11.9 Å². The van der Waals surface area contributed by atoms with Crippen LogP contribution in [0.1, 0.15) is 32.6 Å². The van der Waals surface area contributed by atoms with Gasteiger partial charge in [-0.3, -0.25) is 4.79 Å². The zero-order valence-corrected chi connectivity index (χ0v) is 10.9.